The minimum absolute atomic E-state index is 0.0775. The highest BCUT2D eigenvalue weighted by molar-refractivity contribution is 6.32. The minimum Gasteiger partial charge on any atom is -0.469 e. The van der Waals surface area contributed by atoms with Crippen molar-refractivity contribution in [2.75, 3.05) is 13.7 Å². The SMILES string of the molecule is COC(=O)CC(NC(=O)c1cnc(OCC(F)(F)F)c(Cl)c1)c1ccc(F)cc1. The van der Waals surface area contributed by atoms with E-state index in [1.165, 1.54) is 19.2 Å². The van der Waals surface area contributed by atoms with Gasteiger partial charge in [0.15, 0.2) is 6.61 Å². The van der Waals surface area contributed by atoms with Crippen molar-refractivity contribution in [1.82, 2.24) is 10.3 Å². The molecule has 2 aromatic rings. The molecule has 0 saturated heterocycles. The summed E-state index contributed by atoms with van der Waals surface area (Å²) >= 11 is 5.83. The second-order valence-electron chi connectivity index (χ2n) is 5.77. The smallest absolute Gasteiger partial charge is 0.422 e. The van der Waals surface area contributed by atoms with Crippen molar-refractivity contribution in [2.45, 2.75) is 18.6 Å². The summed E-state index contributed by atoms with van der Waals surface area (Å²) in [5, 5.41) is 2.26. The molecule has 6 nitrogen and oxygen atoms in total. The molecular formula is C18H15ClF4N2O4. The summed E-state index contributed by atoms with van der Waals surface area (Å²) in [6.07, 6.45) is -3.83. The van der Waals surface area contributed by atoms with Crippen LogP contribution in [0.3, 0.4) is 0 Å². The van der Waals surface area contributed by atoms with E-state index in [1.807, 2.05) is 0 Å². The fourth-order valence-corrected chi connectivity index (χ4v) is 2.47. The fourth-order valence-electron chi connectivity index (χ4n) is 2.24. The zero-order valence-corrected chi connectivity index (χ0v) is 15.7. The molecule has 0 bridgehead atoms. The highest BCUT2D eigenvalue weighted by atomic mass is 35.5. The Morgan fingerprint density at radius 2 is 1.90 bits per heavy atom. The fraction of sp³-hybridized carbons (Fsp3) is 0.278. The van der Waals surface area contributed by atoms with Crippen LogP contribution in [0.5, 0.6) is 5.88 Å². The maximum absolute atomic E-state index is 13.1. The molecule has 0 radical (unpaired) electrons. The Balaban J connectivity index is 2.16. The topological polar surface area (TPSA) is 77.5 Å². The van der Waals surface area contributed by atoms with Gasteiger partial charge in [-0.3, -0.25) is 9.59 Å². The third-order valence-electron chi connectivity index (χ3n) is 3.62. The average Bonchev–Trinajstić information content (AvgIpc) is 2.66. The number of carbonyl (C=O) groups is 2. The van der Waals surface area contributed by atoms with Crippen molar-refractivity contribution in [3.8, 4) is 5.88 Å². The van der Waals surface area contributed by atoms with Gasteiger partial charge in [-0.25, -0.2) is 9.37 Å². The van der Waals surface area contributed by atoms with Gasteiger partial charge in [-0.2, -0.15) is 13.2 Å². The Morgan fingerprint density at radius 1 is 1.24 bits per heavy atom. The maximum atomic E-state index is 13.1. The lowest BCUT2D eigenvalue weighted by Gasteiger charge is -2.18. The molecule has 1 atom stereocenters. The number of benzene rings is 1. The monoisotopic (exact) mass is 434 g/mol. The van der Waals surface area contributed by atoms with Crippen LogP contribution in [0, 0.1) is 5.82 Å². The zero-order valence-electron chi connectivity index (χ0n) is 14.9. The molecule has 0 aliphatic heterocycles. The van der Waals surface area contributed by atoms with Crippen LogP contribution in [0.2, 0.25) is 5.02 Å². The number of pyridine rings is 1. The second kappa shape index (κ2) is 9.55. The van der Waals surface area contributed by atoms with E-state index >= 15 is 0 Å². The van der Waals surface area contributed by atoms with E-state index in [4.69, 9.17) is 11.6 Å². The number of hydrogen-bond acceptors (Lipinski definition) is 5. The Morgan fingerprint density at radius 3 is 2.45 bits per heavy atom. The molecule has 1 heterocycles. The number of hydrogen-bond donors (Lipinski definition) is 1. The largest absolute Gasteiger partial charge is 0.469 e. The molecule has 1 aromatic carbocycles. The second-order valence-corrected chi connectivity index (χ2v) is 6.18. The van der Waals surface area contributed by atoms with Gasteiger partial charge in [0, 0.05) is 6.20 Å². The molecule has 0 fully saturated rings. The molecule has 0 aliphatic rings. The molecule has 2 rings (SSSR count). The van der Waals surface area contributed by atoms with Crippen LogP contribution < -0.4 is 10.1 Å². The van der Waals surface area contributed by atoms with Crippen molar-refractivity contribution in [3.05, 3.63) is 58.5 Å². The van der Waals surface area contributed by atoms with Crippen molar-refractivity contribution in [2.24, 2.45) is 0 Å². The van der Waals surface area contributed by atoms with E-state index < -0.39 is 42.4 Å². The third kappa shape index (κ3) is 6.90. The first-order chi connectivity index (χ1) is 13.6. The van der Waals surface area contributed by atoms with Crippen molar-refractivity contribution in [3.63, 3.8) is 0 Å². The predicted molar refractivity (Wildman–Crippen MR) is 94.0 cm³/mol. The Labute approximate surface area is 167 Å². The first kappa shape index (κ1) is 22.4. The normalized spacial score (nSPS) is 12.2. The maximum Gasteiger partial charge on any atom is 0.422 e. The van der Waals surface area contributed by atoms with Crippen molar-refractivity contribution in [1.29, 1.82) is 0 Å². The van der Waals surface area contributed by atoms with Gasteiger partial charge in [-0.1, -0.05) is 23.7 Å². The predicted octanol–water partition coefficient (Wildman–Crippen LogP) is 3.85. The quantitative estimate of drug-likeness (QED) is 0.529. The van der Waals surface area contributed by atoms with Gasteiger partial charge in [0.2, 0.25) is 5.88 Å². The highest BCUT2D eigenvalue weighted by Gasteiger charge is 2.29. The third-order valence-corrected chi connectivity index (χ3v) is 3.89. The summed E-state index contributed by atoms with van der Waals surface area (Å²) in [7, 11) is 1.18. The van der Waals surface area contributed by atoms with E-state index in [0.29, 0.717) is 5.56 Å². The summed E-state index contributed by atoms with van der Waals surface area (Å²) < 4.78 is 58.9. The van der Waals surface area contributed by atoms with Crippen LogP contribution in [-0.4, -0.2) is 36.8 Å². The summed E-state index contributed by atoms with van der Waals surface area (Å²) in [4.78, 5) is 27.7. The van der Waals surface area contributed by atoms with Gasteiger partial charge >= 0.3 is 12.1 Å². The number of amides is 1. The number of ether oxygens (including phenoxy) is 2. The van der Waals surface area contributed by atoms with Crippen LogP contribution in [0.25, 0.3) is 0 Å². The van der Waals surface area contributed by atoms with E-state index in [1.54, 1.807) is 0 Å². The van der Waals surface area contributed by atoms with E-state index in [9.17, 15) is 27.2 Å². The molecule has 1 N–H and O–H groups in total. The Kier molecular flexibility index (Phi) is 7.38. The molecule has 0 spiro atoms. The lowest BCUT2D eigenvalue weighted by atomic mass is 10.0. The van der Waals surface area contributed by atoms with Crippen molar-refractivity contribution < 1.29 is 36.6 Å². The van der Waals surface area contributed by atoms with Crippen LogP contribution in [0.1, 0.15) is 28.4 Å². The number of nitrogens with one attached hydrogen (secondary N) is 1. The molecule has 1 aromatic heterocycles. The molecule has 156 valence electrons. The van der Waals surface area contributed by atoms with Crippen LogP contribution in [0.15, 0.2) is 36.5 Å². The van der Waals surface area contributed by atoms with Crippen LogP contribution in [0.4, 0.5) is 17.6 Å². The van der Waals surface area contributed by atoms with E-state index in [-0.39, 0.29) is 17.0 Å². The lowest BCUT2D eigenvalue weighted by molar-refractivity contribution is -0.154. The van der Waals surface area contributed by atoms with Gasteiger partial charge in [0.25, 0.3) is 5.91 Å². The Bertz CT molecular complexity index is 875. The first-order valence-electron chi connectivity index (χ1n) is 8.07. The lowest BCUT2D eigenvalue weighted by Crippen LogP contribution is -2.30. The van der Waals surface area contributed by atoms with Gasteiger partial charge in [0.05, 0.1) is 25.1 Å². The number of halogens is 5. The van der Waals surface area contributed by atoms with Gasteiger partial charge < -0.3 is 14.8 Å². The minimum atomic E-state index is -4.57. The summed E-state index contributed by atoms with van der Waals surface area (Å²) in [5.74, 6) is -2.31. The number of rotatable bonds is 7. The zero-order chi connectivity index (χ0) is 21.6. The number of carbonyl (C=O) groups excluding carboxylic acids is 2. The van der Waals surface area contributed by atoms with E-state index in [2.05, 4.69) is 19.8 Å². The molecule has 1 amide bonds. The average molecular weight is 435 g/mol. The first-order valence-corrected chi connectivity index (χ1v) is 8.45. The van der Waals surface area contributed by atoms with E-state index in [0.717, 1.165) is 24.4 Å². The van der Waals surface area contributed by atoms with Gasteiger partial charge in [-0.15, -0.1) is 0 Å². The molecule has 1 unspecified atom stereocenters. The highest BCUT2D eigenvalue weighted by Crippen LogP contribution is 2.26. The van der Waals surface area contributed by atoms with Gasteiger partial charge in [-0.05, 0) is 23.8 Å². The summed E-state index contributed by atoms with van der Waals surface area (Å²) in [5.41, 5.74) is 0.362. The molecule has 0 saturated carbocycles. The van der Waals surface area contributed by atoms with Crippen LogP contribution >= 0.6 is 11.6 Å². The van der Waals surface area contributed by atoms with Crippen LogP contribution in [-0.2, 0) is 9.53 Å². The number of methoxy groups -OCH3 is 1. The molecule has 29 heavy (non-hydrogen) atoms. The number of alkyl halides is 3. The summed E-state index contributed by atoms with van der Waals surface area (Å²) in [6, 6.07) is 5.34. The number of nitrogens with zero attached hydrogens (tertiary/aromatic N) is 1. The Hall–Kier alpha value is -2.88. The summed E-state index contributed by atoms with van der Waals surface area (Å²) in [6.45, 7) is -1.59. The molecular weight excluding hydrogens is 420 g/mol. The number of esters is 1. The molecule has 0 aliphatic carbocycles. The number of aromatic nitrogens is 1. The molecule has 11 heteroatoms. The standard InChI is InChI=1S/C18H15ClF4N2O4/c1-28-15(26)7-14(10-2-4-12(20)5-3-10)25-16(27)11-6-13(19)17(24-8-11)29-9-18(21,22)23/h2-6,8,14H,7,9H2,1H3,(H,25,27). The van der Waals surface area contributed by atoms with Gasteiger partial charge in [0.1, 0.15) is 10.8 Å². The van der Waals surface area contributed by atoms with Crippen molar-refractivity contribution >= 4 is 23.5 Å².